The third-order valence-corrected chi connectivity index (χ3v) is 2.04. The Labute approximate surface area is 85.7 Å². The monoisotopic (exact) mass is 193 g/mol. The summed E-state index contributed by atoms with van der Waals surface area (Å²) in [6, 6.07) is 9.99. The molecule has 78 valence electrons. The van der Waals surface area contributed by atoms with Crippen molar-refractivity contribution in [1.29, 1.82) is 0 Å². The lowest BCUT2D eigenvalue weighted by atomic mass is 10.2. The second kappa shape index (κ2) is 7.50. The van der Waals surface area contributed by atoms with E-state index >= 15 is 0 Å². The van der Waals surface area contributed by atoms with Gasteiger partial charge in [0.2, 0.25) is 0 Å². The second-order valence-electron chi connectivity index (χ2n) is 3.19. The lowest BCUT2D eigenvalue weighted by molar-refractivity contribution is 0.534. The smallest absolute Gasteiger partial charge is 0.0178 e. The normalized spacial score (nSPS) is 15.5. The van der Waals surface area contributed by atoms with Gasteiger partial charge in [-0.2, -0.15) is 0 Å². The molecule has 0 saturated carbocycles. The first-order chi connectivity index (χ1) is 6.93. The number of rotatable bonds is 1. The quantitative estimate of drug-likeness (QED) is 0.602. The lowest BCUT2D eigenvalue weighted by Gasteiger charge is -2.11. The van der Waals surface area contributed by atoms with Crippen LogP contribution < -0.4 is 16.4 Å². The summed E-state index contributed by atoms with van der Waals surface area (Å²) in [6.07, 6.45) is 0. The molecule has 3 nitrogen and oxygen atoms in total. The van der Waals surface area contributed by atoms with Gasteiger partial charge in [0.15, 0.2) is 0 Å². The minimum Gasteiger partial charge on any atom is -0.326 e. The zero-order valence-corrected chi connectivity index (χ0v) is 8.50. The third kappa shape index (κ3) is 4.97. The van der Waals surface area contributed by atoms with Crippen LogP contribution in [0.4, 0.5) is 0 Å². The minimum atomic E-state index is 0.640. The van der Waals surface area contributed by atoms with Gasteiger partial charge in [0.05, 0.1) is 0 Å². The predicted molar refractivity (Wildman–Crippen MR) is 60.1 cm³/mol. The van der Waals surface area contributed by atoms with Crippen molar-refractivity contribution in [3.8, 4) is 0 Å². The van der Waals surface area contributed by atoms with Gasteiger partial charge in [-0.1, -0.05) is 30.3 Å². The molecule has 0 spiro atoms. The van der Waals surface area contributed by atoms with E-state index in [4.69, 9.17) is 5.73 Å². The molecule has 1 heterocycles. The van der Waals surface area contributed by atoms with Crippen molar-refractivity contribution in [3.05, 3.63) is 35.9 Å². The van der Waals surface area contributed by atoms with E-state index in [1.165, 1.54) is 5.56 Å². The van der Waals surface area contributed by atoms with Crippen LogP contribution >= 0.6 is 0 Å². The molecule has 4 N–H and O–H groups in total. The summed E-state index contributed by atoms with van der Waals surface area (Å²) in [4.78, 5) is 0. The van der Waals surface area contributed by atoms with Crippen LogP contribution in [0, 0.1) is 0 Å². The molecule has 1 aliphatic rings. The van der Waals surface area contributed by atoms with Gasteiger partial charge in [0, 0.05) is 32.7 Å². The molecule has 0 bridgehead atoms. The first-order valence-electron chi connectivity index (χ1n) is 5.09. The molecule has 3 heteroatoms. The van der Waals surface area contributed by atoms with Crippen LogP contribution in [0.5, 0.6) is 0 Å². The Morgan fingerprint density at radius 1 is 0.929 bits per heavy atom. The van der Waals surface area contributed by atoms with E-state index in [0.717, 1.165) is 26.2 Å². The van der Waals surface area contributed by atoms with Crippen molar-refractivity contribution in [1.82, 2.24) is 10.6 Å². The Morgan fingerprint density at radius 3 is 1.71 bits per heavy atom. The molecule has 0 radical (unpaired) electrons. The van der Waals surface area contributed by atoms with Crippen molar-refractivity contribution in [2.24, 2.45) is 5.73 Å². The summed E-state index contributed by atoms with van der Waals surface area (Å²) < 4.78 is 0. The second-order valence-corrected chi connectivity index (χ2v) is 3.19. The molecular weight excluding hydrogens is 174 g/mol. The van der Waals surface area contributed by atoms with Gasteiger partial charge in [-0.3, -0.25) is 0 Å². The maximum atomic E-state index is 5.35. The molecule has 2 rings (SSSR count). The van der Waals surface area contributed by atoms with E-state index < -0.39 is 0 Å². The zero-order valence-electron chi connectivity index (χ0n) is 8.50. The largest absolute Gasteiger partial charge is 0.326 e. The highest BCUT2D eigenvalue weighted by Gasteiger charge is 1.91. The SMILES string of the molecule is C1CNCCN1.NCc1ccccc1. The molecule has 0 aliphatic carbocycles. The summed E-state index contributed by atoms with van der Waals surface area (Å²) in [5, 5.41) is 6.44. The average Bonchev–Trinajstić information content (AvgIpc) is 2.33. The highest BCUT2D eigenvalue weighted by Crippen LogP contribution is 1.94. The van der Waals surface area contributed by atoms with E-state index in [1.54, 1.807) is 0 Å². The van der Waals surface area contributed by atoms with Crippen molar-refractivity contribution >= 4 is 0 Å². The van der Waals surface area contributed by atoms with E-state index in [2.05, 4.69) is 10.6 Å². The zero-order chi connectivity index (χ0) is 10.1. The van der Waals surface area contributed by atoms with E-state index in [-0.39, 0.29) is 0 Å². The highest BCUT2D eigenvalue weighted by molar-refractivity contribution is 5.13. The summed E-state index contributed by atoms with van der Waals surface area (Å²) in [5.41, 5.74) is 6.54. The molecule has 1 aromatic rings. The number of nitrogens with one attached hydrogen (secondary N) is 2. The molecule has 1 fully saturated rings. The standard InChI is InChI=1S/C7H9N.C4H10N2/c8-6-7-4-2-1-3-5-7;1-2-6-4-3-5-1/h1-5H,6,8H2;5-6H,1-4H2. The molecule has 1 saturated heterocycles. The van der Waals surface area contributed by atoms with Crippen LogP contribution in [0.25, 0.3) is 0 Å². The van der Waals surface area contributed by atoms with E-state index in [0.29, 0.717) is 6.54 Å². The van der Waals surface area contributed by atoms with Crippen molar-refractivity contribution in [3.63, 3.8) is 0 Å². The van der Waals surface area contributed by atoms with Gasteiger partial charge < -0.3 is 16.4 Å². The molecule has 0 atom stereocenters. The Hall–Kier alpha value is -0.900. The van der Waals surface area contributed by atoms with Gasteiger partial charge in [-0.05, 0) is 5.56 Å². The van der Waals surface area contributed by atoms with Crippen LogP contribution in [0.15, 0.2) is 30.3 Å². The topological polar surface area (TPSA) is 50.1 Å². The Balaban J connectivity index is 0.000000146. The average molecular weight is 193 g/mol. The molecule has 0 unspecified atom stereocenters. The summed E-state index contributed by atoms with van der Waals surface area (Å²) in [7, 11) is 0. The van der Waals surface area contributed by atoms with Crippen LogP contribution in [-0.4, -0.2) is 26.2 Å². The molecule has 1 aromatic carbocycles. The fourth-order valence-electron chi connectivity index (χ4n) is 1.22. The van der Waals surface area contributed by atoms with E-state index in [9.17, 15) is 0 Å². The van der Waals surface area contributed by atoms with E-state index in [1.807, 2.05) is 30.3 Å². The van der Waals surface area contributed by atoms with Gasteiger partial charge in [0.1, 0.15) is 0 Å². The van der Waals surface area contributed by atoms with Crippen LogP contribution in [0.2, 0.25) is 0 Å². The molecule has 14 heavy (non-hydrogen) atoms. The van der Waals surface area contributed by atoms with Gasteiger partial charge in [-0.15, -0.1) is 0 Å². The molecule has 1 aliphatic heterocycles. The Kier molecular flexibility index (Phi) is 5.99. The van der Waals surface area contributed by atoms with Crippen LogP contribution in [0.1, 0.15) is 5.56 Å². The highest BCUT2D eigenvalue weighted by atomic mass is 15.0. The maximum absolute atomic E-state index is 5.35. The number of hydrogen-bond donors (Lipinski definition) is 3. The van der Waals surface area contributed by atoms with Gasteiger partial charge in [-0.25, -0.2) is 0 Å². The third-order valence-electron chi connectivity index (χ3n) is 2.04. The summed E-state index contributed by atoms with van der Waals surface area (Å²) in [5.74, 6) is 0. The van der Waals surface area contributed by atoms with Crippen LogP contribution in [0.3, 0.4) is 0 Å². The number of benzene rings is 1. The van der Waals surface area contributed by atoms with Crippen molar-refractivity contribution < 1.29 is 0 Å². The number of hydrogen-bond acceptors (Lipinski definition) is 3. The lowest BCUT2D eigenvalue weighted by Crippen LogP contribution is -2.39. The van der Waals surface area contributed by atoms with Gasteiger partial charge >= 0.3 is 0 Å². The fourth-order valence-corrected chi connectivity index (χ4v) is 1.22. The molecular formula is C11H19N3. The minimum absolute atomic E-state index is 0.640. The maximum Gasteiger partial charge on any atom is 0.0178 e. The fraction of sp³-hybridized carbons (Fsp3) is 0.455. The number of nitrogens with two attached hydrogens (primary N) is 1. The molecule has 0 aromatic heterocycles. The van der Waals surface area contributed by atoms with Crippen LogP contribution in [-0.2, 0) is 6.54 Å². The predicted octanol–water partition coefficient (Wildman–Crippen LogP) is 0.325. The van der Waals surface area contributed by atoms with Crippen molar-refractivity contribution in [2.45, 2.75) is 6.54 Å². The molecule has 0 amide bonds. The first kappa shape index (κ1) is 11.2. The summed E-state index contributed by atoms with van der Waals surface area (Å²) >= 11 is 0. The first-order valence-corrected chi connectivity index (χ1v) is 5.09. The summed E-state index contributed by atoms with van der Waals surface area (Å²) in [6.45, 7) is 5.20. The van der Waals surface area contributed by atoms with Gasteiger partial charge in [0.25, 0.3) is 0 Å². The van der Waals surface area contributed by atoms with Crippen molar-refractivity contribution in [2.75, 3.05) is 26.2 Å². The number of piperazine rings is 1. The Bertz CT molecular complexity index is 208. The Morgan fingerprint density at radius 2 is 1.43 bits per heavy atom.